The number of hydroxylamine groups is 3. The van der Waals surface area contributed by atoms with E-state index in [9.17, 15) is 10.4 Å². The Morgan fingerprint density at radius 2 is 1.76 bits per heavy atom. The van der Waals surface area contributed by atoms with Crippen molar-refractivity contribution in [2.45, 2.75) is 38.8 Å². The summed E-state index contributed by atoms with van der Waals surface area (Å²) in [7, 11) is 0. The summed E-state index contributed by atoms with van der Waals surface area (Å²) in [5.74, 6) is 0.155. The summed E-state index contributed by atoms with van der Waals surface area (Å²) >= 11 is 0. The molecular weight excluding hydrogens is 218 g/mol. The zero-order valence-electron chi connectivity index (χ0n) is 10.5. The third kappa shape index (κ3) is 1.42. The summed E-state index contributed by atoms with van der Waals surface area (Å²) in [4.78, 5) is 3.89. The molecule has 17 heavy (non-hydrogen) atoms. The normalized spacial score (nSPS) is 22.1. The van der Waals surface area contributed by atoms with Gasteiger partial charge in [0.25, 0.3) is 0 Å². The lowest BCUT2D eigenvalue weighted by Crippen LogP contribution is -2.53. The second kappa shape index (κ2) is 3.43. The summed E-state index contributed by atoms with van der Waals surface area (Å²) in [6, 6.07) is 3.34. The average Bonchev–Trinajstić information content (AvgIpc) is 2.40. The average molecular weight is 234 g/mol. The fourth-order valence-electron chi connectivity index (χ4n) is 1.84. The van der Waals surface area contributed by atoms with Gasteiger partial charge in [0.2, 0.25) is 0 Å². The molecule has 0 N–H and O–H groups in total. The number of pyridine rings is 1. The van der Waals surface area contributed by atoms with E-state index < -0.39 is 11.1 Å². The number of rotatable bonds is 1. The van der Waals surface area contributed by atoms with Crippen molar-refractivity contribution >= 4 is 5.84 Å². The molecule has 1 aromatic rings. The van der Waals surface area contributed by atoms with Gasteiger partial charge >= 0.3 is 5.84 Å². The topological polar surface area (TPSA) is 62.1 Å². The van der Waals surface area contributed by atoms with Crippen LogP contribution in [0.1, 0.15) is 33.3 Å². The number of aromatic nitrogens is 1. The summed E-state index contributed by atoms with van der Waals surface area (Å²) in [5, 5.41) is 25.3. The van der Waals surface area contributed by atoms with Crippen molar-refractivity contribution in [1.82, 2.24) is 10.0 Å². The van der Waals surface area contributed by atoms with Gasteiger partial charge in [0.1, 0.15) is 5.54 Å². The maximum absolute atomic E-state index is 12.3. The SMILES string of the molecule is CC1(C)N([O])C(c2ccncc2)=[N+]([O-])C1(C)C. The Morgan fingerprint density at radius 1 is 1.24 bits per heavy atom. The van der Waals surface area contributed by atoms with E-state index in [0.29, 0.717) is 5.56 Å². The van der Waals surface area contributed by atoms with Crippen molar-refractivity contribution in [2.24, 2.45) is 0 Å². The van der Waals surface area contributed by atoms with Gasteiger partial charge in [-0.25, -0.2) is 0 Å². The van der Waals surface area contributed by atoms with Crippen LogP contribution >= 0.6 is 0 Å². The van der Waals surface area contributed by atoms with Gasteiger partial charge in [-0.1, -0.05) is 5.06 Å². The third-order valence-electron chi connectivity index (χ3n) is 3.84. The molecule has 1 aliphatic heterocycles. The summed E-state index contributed by atoms with van der Waals surface area (Å²) in [6.07, 6.45) is 3.14. The second-order valence-electron chi connectivity index (χ2n) is 5.27. The van der Waals surface area contributed by atoms with Crippen LogP contribution < -0.4 is 0 Å². The molecule has 1 aliphatic rings. The van der Waals surface area contributed by atoms with Crippen molar-refractivity contribution < 1.29 is 9.95 Å². The summed E-state index contributed by atoms with van der Waals surface area (Å²) < 4.78 is 0.801. The van der Waals surface area contributed by atoms with Crippen LogP contribution in [0.5, 0.6) is 0 Å². The highest BCUT2D eigenvalue weighted by Crippen LogP contribution is 2.37. The van der Waals surface area contributed by atoms with Gasteiger partial charge in [-0.15, -0.1) is 0 Å². The predicted octanol–water partition coefficient (Wildman–Crippen LogP) is 1.56. The molecule has 0 fully saturated rings. The van der Waals surface area contributed by atoms with E-state index in [2.05, 4.69) is 4.98 Å². The minimum Gasteiger partial charge on any atom is -0.714 e. The highest BCUT2D eigenvalue weighted by molar-refractivity contribution is 5.95. The van der Waals surface area contributed by atoms with Crippen LogP contribution in [0.25, 0.3) is 0 Å². The van der Waals surface area contributed by atoms with Gasteiger partial charge < -0.3 is 5.21 Å². The standard InChI is InChI=1S/C12H16N3O2/c1-11(2)12(3,4)15(17)10(14(11)16)9-5-7-13-8-6-9/h5-8H,1-4H3. The molecule has 1 aromatic heterocycles. The van der Waals surface area contributed by atoms with Crippen LogP contribution in [-0.4, -0.2) is 31.7 Å². The molecule has 91 valence electrons. The number of amidine groups is 1. The third-order valence-corrected chi connectivity index (χ3v) is 3.84. The molecule has 0 amide bonds. The van der Waals surface area contributed by atoms with Gasteiger partial charge in [0.05, 0.1) is 5.56 Å². The smallest absolute Gasteiger partial charge is 0.316 e. The molecule has 0 saturated heterocycles. The Kier molecular flexibility index (Phi) is 2.39. The van der Waals surface area contributed by atoms with Crippen LogP contribution in [-0.2, 0) is 5.21 Å². The Bertz CT molecular complexity index is 466. The first-order valence-corrected chi connectivity index (χ1v) is 5.52. The van der Waals surface area contributed by atoms with Gasteiger partial charge in [0.15, 0.2) is 5.54 Å². The molecule has 0 bridgehead atoms. The quantitative estimate of drug-likeness (QED) is 0.547. The van der Waals surface area contributed by atoms with E-state index in [1.54, 1.807) is 52.2 Å². The molecule has 5 heteroatoms. The van der Waals surface area contributed by atoms with E-state index in [4.69, 9.17) is 0 Å². The Morgan fingerprint density at radius 3 is 2.18 bits per heavy atom. The first kappa shape index (κ1) is 11.9. The summed E-state index contributed by atoms with van der Waals surface area (Å²) in [5.41, 5.74) is -0.940. The largest absolute Gasteiger partial charge is 0.714 e. The van der Waals surface area contributed by atoms with E-state index in [-0.39, 0.29) is 5.84 Å². The second-order valence-corrected chi connectivity index (χ2v) is 5.27. The number of nitrogens with zero attached hydrogens (tertiary/aromatic N) is 3. The Hall–Kier alpha value is -1.62. The molecule has 0 spiro atoms. The van der Waals surface area contributed by atoms with Crippen molar-refractivity contribution in [1.29, 1.82) is 0 Å². The van der Waals surface area contributed by atoms with Crippen LogP contribution in [0.15, 0.2) is 24.5 Å². The first-order valence-electron chi connectivity index (χ1n) is 5.52. The first-order chi connectivity index (χ1) is 7.80. The lowest BCUT2D eigenvalue weighted by Gasteiger charge is -2.32. The number of hydrogen-bond donors (Lipinski definition) is 0. The molecule has 0 aromatic carbocycles. The highest BCUT2D eigenvalue weighted by Gasteiger charge is 2.59. The van der Waals surface area contributed by atoms with Gasteiger partial charge in [0, 0.05) is 17.6 Å². The number of hydrogen-bond acceptors (Lipinski definition) is 3. The molecule has 1 radical (unpaired) electrons. The molecule has 5 nitrogen and oxygen atoms in total. The molecule has 2 heterocycles. The monoisotopic (exact) mass is 234 g/mol. The molecule has 0 saturated carbocycles. The van der Waals surface area contributed by atoms with Crippen LogP contribution in [0.2, 0.25) is 0 Å². The molecule has 2 rings (SSSR count). The van der Waals surface area contributed by atoms with Gasteiger partial charge in [-0.05, 0) is 39.8 Å². The zero-order chi connectivity index (χ0) is 12.8. The fourth-order valence-corrected chi connectivity index (χ4v) is 1.84. The van der Waals surface area contributed by atoms with Crippen molar-refractivity contribution in [3.8, 4) is 0 Å². The molecule has 0 atom stereocenters. The zero-order valence-corrected chi connectivity index (χ0v) is 10.5. The lowest BCUT2D eigenvalue weighted by molar-refractivity contribution is -0.539. The maximum atomic E-state index is 12.3. The van der Waals surface area contributed by atoms with Crippen molar-refractivity contribution in [2.75, 3.05) is 0 Å². The minimum absolute atomic E-state index is 0.155. The fraction of sp³-hybridized carbons (Fsp3) is 0.500. The highest BCUT2D eigenvalue weighted by atomic mass is 16.5. The Balaban J connectivity index is 2.59. The maximum Gasteiger partial charge on any atom is 0.316 e. The van der Waals surface area contributed by atoms with Crippen LogP contribution in [0.3, 0.4) is 0 Å². The minimum atomic E-state index is -0.770. The van der Waals surface area contributed by atoms with Crippen molar-refractivity contribution in [3.05, 3.63) is 35.3 Å². The van der Waals surface area contributed by atoms with Crippen LogP contribution in [0.4, 0.5) is 0 Å². The van der Waals surface area contributed by atoms with E-state index in [0.717, 1.165) is 9.80 Å². The molecular formula is C12H16N3O2. The Labute approximate surface area is 101 Å². The summed E-state index contributed by atoms with van der Waals surface area (Å²) in [6.45, 7) is 7.11. The molecule has 0 aliphatic carbocycles. The van der Waals surface area contributed by atoms with Crippen molar-refractivity contribution in [3.63, 3.8) is 0 Å². The van der Waals surface area contributed by atoms with Crippen LogP contribution in [0, 0.1) is 5.21 Å². The lowest BCUT2D eigenvalue weighted by atomic mass is 9.84. The van der Waals surface area contributed by atoms with Gasteiger partial charge in [-0.3, -0.25) is 9.72 Å². The molecule has 0 unspecified atom stereocenters. The van der Waals surface area contributed by atoms with Gasteiger partial charge in [-0.2, -0.15) is 0 Å². The predicted molar refractivity (Wildman–Crippen MR) is 62.7 cm³/mol. The van der Waals surface area contributed by atoms with E-state index >= 15 is 0 Å². The van der Waals surface area contributed by atoms with E-state index in [1.807, 2.05) is 0 Å². The van der Waals surface area contributed by atoms with E-state index in [1.165, 1.54) is 0 Å².